The van der Waals surface area contributed by atoms with Crippen LogP contribution < -0.4 is 15.1 Å². The van der Waals surface area contributed by atoms with Gasteiger partial charge in [0.2, 0.25) is 5.91 Å². The summed E-state index contributed by atoms with van der Waals surface area (Å²) in [5.74, 6) is -0.112. The van der Waals surface area contributed by atoms with E-state index in [-0.39, 0.29) is 11.7 Å². The number of nitrogens with one attached hydrogen (secondary N) is 2. The van der Waals surface area contributed by atoms with E-state index in [0.717, 1.165) is 36.6 Å². The van der Waals surface area contributed by atoms with Crippen molar-refractivity contribution in [2.45, 2.75) is 18.7 Å². The monoisotopic (exact) mass is 388 g/mol. The van der Waals surface area contributed by atoms with Crippen molar-refractivity contribution in [3.05, 3.63) is 53.3 Å². The Kier molecular flexibility index (Phi) is 6.39. The molecule has 1 saturated heterocycles. The van der Waals surface area contributed by atoms with Crippen molar-refractivity contribution in [3.63, 3.8) is 0 Å². The zero-order chi connectivity index (χ0) is 19.4. The minimum atomic E-state index is -0.283. The second-order valence-corrected chi connectivity index (χ2v) is 8.23. The summed E-state index contributed by atoms with van der Waals surface area (Å²) in [6.45, 7) is 7.81. The van der Waals surface area contributed by atoms with Gasteiger partial charge in [0, 0.05) is 10.6 Å². The first kappa shape index (κ1) is 19.7. The number of nitrogens with zero attached hydrogens (tertiary/aromatic N) is 1. The highest BCUT2D eigenvalue weighted by Crippen LogP contribution is 2.25. The minimum Gasteiger partial charge on any atom is -0.358 e. The topological polar surface area (TPSA) is 36.8 Å². The van der Waals surface area contributed by atoms with Crippen molar-refractivity contribution in [3.8, 4) is 0 Å². The molecule has 2 N–H and O–H groups in total. The van der Waals surface area contributed by atoms with Crippen LogP contribution in [0.1, 0.15) is 11.1 Å². The molecule has 0 saturated carbocycles. The lowest BCUT2D eigenvalue weighted by atomic mass is 10.2. The summed E-state index contributed by atoms with van der Waals surface area (Å²) in [6, 6.07) is 11.1. The number of rotatable bonds is 5. The summed E-state index contributed by atoms with van der Waals surface area (Å²) in [5.41, 5.74) is 3.49. The molecule has 0 bridgehead atoms. The number of hydrogen-bond donors (Lipinski definition) is 2. The Morgan fingerprint density at radius 3 is 2.59 bits per heavy atom. The molecule has 1 fully saturated rings. The molecule has 0 aliphatic carbocycles. The maximum absolute atomic E-state index is 14.5. The van der Waals surface area contributed by atoms with E-state index < -0.39 is 0 Å². The molecule has 0 spiro atoms. The van der Waals surface area contributed by atoms with Crippen LogP contribution in [-0.4, -0.2) is 44.9 Å². The fourth-order valence-corrected chi connectivity index (χ4v) is 4.08. The molecule has 3 rings (SSSR count). The largest absolute Gasteiger partial charge is 0.358 e. The summed E-state index contributed by atoms with van der Waals surface area (Å²) in [6.07, 6.45) is 0. The number of halogens is 1. The molecule has 2 aromatic rings. The lowest BCUT2D eigenvalue weighted by Crippen LogP contribution is -3.12. The van der Waals surface area contributed by atoms with Crippen LogP contribution in [0.4, 0.5) is 15.8 Å². The predicted octanol–water partition coefficient (Wildman–Crippen LogP) is 2.51. The predicted molar refractivity (Wildman–Crippen MR) is 111 cm³/mol. The number of aryl methyl sites for hydroxylation is 2. The SMILES string of the molecule is Cc1ccc(SCC(=O)Nc2ccc(N3CC[NH+](C)CC3)c(F)c2)c(C)c1. The van der Waals surface area contributed by atoms with Crippen molar-refractivity contribution >= 4 is 29.0 Å². The highest BCUT2D eigenvalue weighted by atomic mass is 32.2. The van der Waals surface area contributed by atoms with Gasteiger partial charge in [0.25, 0.3) is 0 Å². The number of carbonyl (C=O) groups excluding carboxylic acids is 1. The van der Waals surface area contributed by atoms with Gasteiger partial charge in [0.1, 0.15) is 5.82 Å². The molecular weight excluding hydrogens is 361 g/mol. The zero-order valence-electron chi connectivity index (χ0n) is 16.1. The van der Waals surface area contributed by atoms with E-state index in [4.69, 9.17) is 0 Å². The van der Waals surface area contributed by atoms with E-state index >= 15 is 0 Å². The third-order valence-electron chi connectivity index (χ3n) is 4.88. The van der Waals surface area contributed by atoms with E-state index in [2.05, 4.69) is 30.3 Å². The fourth-order valence-electron chi connectivity index (χ4n) is 3.27. The van der Waals surface area contributed by atoms with E-state index in [0.29, 0.717) is 17.1 Å². The first-order valence-electron chi connectivity index (χ1n) is 9.28. The Hall–Kier alpha value is -2.05. The molecule has 27 heavy (non-hydrogen) atoms. The molecule has 0 radical (unpaired) electrons. The molecule has 1 aliphatic heterocycles. The van der Waals surface area contributed by atoms with Gasteiger partial charge in [-0.3, -0.25) is 4.79 Å². The van der Waals surface area contributed by atoms with Crippen LogP contribution >= 0.6 is 11.8 Å². The van der Waals surface area contributed by atoms with Crippen LogP contribution in [0, 0.1) is 19.7 Å². The van der Waals surface area contributed by atoms with Gasteiger partial charge in [0.15, 0.2) is 0 Å². The van der Waals surface area contributed by atoms with Gasteiger partial charge in [-0.15, -0.1) is 11.8 Å². The van der Waals surface area contributed by atoms with Crippen LogP contribution in [0.3, 0.4) is 0 Å². The average molecular weight is 389 g/mol. The van der Waals surface area contributed by atoms with Gasteiger partial charge in [-0.05, 0) is 43.7 Å². The van der Waals surface area contributed by atoms with E-state index in [9.17, 15) is 9.18 Å². The maximum atomic E-state index is 14.5. The Bertz CT molecular complexity index is 819. The van der Waals surface area contributed by atoms with Crippen molar-refractivity contribution in [2.75, 3.05) is 49.2 Å². The third-order valence-corrected chi connectivity index (χ3v) is 6.05. The highest BCUT2D eigenvalue weighted by molar-refractivity contribution is 8.00. The van der Waals surface area contributed by atoms with Gasteiger partial charge in [-0.2, -0.15) is 0 Å². The van der Waals surface area contributed by atoms with Gasteiger partial charge in [-0.25, -0.2) is 4.39 Å². The number of anilines is 2. The smallest absolute Gasteiger partial charge is 0.234 e. The van der Waals surface area contributed by atoms with Gasteiger partial charge in [-0.1, -0.05) is 17.7 Å². The van der Waals surface area contributed by atoms with Crippen molar-refractivity contribution in [2.24, 2.45) is 0 Å². The molecule has 144 valence electrons. The summed E-state index contributed by atoms with van der Waals surface area (Å²) >= 11 is 1.50. The van der Waals surface area contributed by atoms with E-state index in [1.54, 1.807) is 12.1 Å². The van der Waals surface area contributed by atoms with Crippen LogP contribution in [-0.2, 0) is 4.79 Å². The lowest BCUT2D eigenvalue weighted by molar-refractivity contribution is -0.880. The first-order chi connectivity index (χ1) is 12.9. The summed E-state index contributed by atoms with van der Waals surface area (Å²) in [7, 11) is 2.16. The molecule has 6 heteroatoms. The standard InChI is InChI=1S/C21H26FN3OS/c1-15-4-7-20(16(2)12-15)27-14-21(26)23-17-5-6-19(18(22)13-17)25-10-8-24(3)9-11-25/h4-7,12-13H,8-11,14H2,1-3H3,(H,23,26)/p+1. The average Bonchev–Trinajstić information content (AvgIpc) is 2.62. The van der Waals surface area contributed by atoms with Crippen LogP contribution in [0.15, 0.2) is 41.3 Å². The highest BCUT2D eigenvalue weighted by Gasteiger charge is 2.19. The Labute approximate surface area is 164 Å². The molecule has 1 amide bonds. The number of amides is 1. The van der Waals surface area contributed by atoms with Gasteiger partial charge in [0.05, 0.1) is 44.7 Å². The molecule has 2 aromatic carbocycles. The Morgan fingerprint density at radius 1 is 1.19 bits per heavy atom. The maximum Gasteiger partial charge on any atom is 0.234 e. The van der Waals surface area contributed by atoms with E-state index in [1.165, 1.54) is 28.3 Å². The third kappa shape index (κ3) is 5.23. The normalized spacial score (nSPS) is 15.0. The second kappa shape index (κ2) is 8.76. The van der Waals surface area contributed by atoms with Gasteiger partial charge >= 0.3 is 0 Å². The Balaban J connectivity index is 1.57. The lowest BCUT2D eigenvalue weighted by Gasteiger charge is -2.32. The first-order valence-corrected chi connectivity index (χ1v) is 10.3. The quantitative estimate of drug-likeness (QED) is 0.773. The molecule has 0 unspecified atom stereocenters. The van der Waals surface area contributed by atoms with Crippen molar-refractivity contribution in [1.82, 2.24) is 0 Å². The molecule has 0 atom stereocenters. The number of piperazine rings is 1. The zero-order valence-corrected chi connectivity index (χ0v) is 17.0. The summed E-state index contributed by atoms with van der Waals surface area (Å²) in [4.78, 5) is 16.9. The summed E-state index contributed by atoms with van der Waals surface area (Å²) in [5, 5.41) is 2.80. The van der Waals surface area contributed by atoms with Crippen LogP contribution in [0.5, 0.6) is 0 Å². The molecule has 0 aromatic heterocycles. The number of quaternary nitrogens is 1. The summed E-state index contributed by atoms with van der Waals surface area (Å²) < 4.78 is 14.5. The van der Waals surface area contributed by atoms with Crippen LogP contribution in [0.2, 0.25) is 0 Å². The molecular formula is C21H27FN3OS+. The molecule has 1 aliphatic rings. The van der Waals surface area contributed by atoms with Gasteiger partial charge < -0.3 is 15.1 Å². The van der Waals surface area contributed by atoms with Crippen molar-refractivity contribution < 1.29 is 14.1 Å². The van der Waals surface area contributed by atoms with Crippen LogP contribution in [0.25, 0.3) is 0 Å². The number of thioether (sulfide) groups is 1. The number of likely N-dealkylation sites (N-methyl/N-ethyl adjacent to an activating group) is 1. The number of hydrogen-bond acceptors (Lipinski definition) is 3. The Morgan fingerprint density at radius 2 is 1.93 bits per heavy atom. The number of carbonyl (C=O) groups is 1. The molecule has 1 heterocycles. The van der Waals surface area contributed by atoms with Crippen molar-refractivity contribution in [1.29, 1.82) is 0 Å². The minimum absolute atomic E-state index is 0.129. The van der Waals surface area contributed by atoms with E-state index in [1.807, 2.05) is 19.1 Å². The second-order valence-electron chi connectivity index (χ2n) is 7.22. The fraction of sp³-hybridized carbons (Fsp3) is 0.381. The molecule has 4 nitrogen and oxygen atoms in total. The number of benzene rings is 2.